The molecule has 0 atom stereocenters. The molecule has 0 spiro atoms. The van der Waals surface area contributed by atoms with Gasteiger partial charge in [-0.2, -0.15) is 0 Å². The van der Waals surface area contributed by atoms with E-state index in [4.69, 9.17) is 21.4 Å². The molecule has 0 fully saturated rings. The predicted molar refractivity (Wildman–Crippen MR) is 69.4 cm³/mol. The number of para-hydroxylation sites is 1. The average Bonchev–Trinajstić information content (AvgIpc) is 2.36. The minimum absolute atomic E-state index is 0.00273. The van der Waals surface area contributed by atoms with E-state index in [0.29, 0.717) is 12.8 Å². The Labute approximate surface area is 111 Å². The molecule has 0 saturated carbocycles. The van der Waals surface area contributed by atoms with E-state index >= 15 is 0 Å². The normalized spacial score (nSPS) is 11.3. The molecule has 0 unspecified atom stereocenters. The van der Waals surface area contributed by atoms with Gasteiger partial charge in [-0.1, -0.05) is 31.5 Å². The van der Waals surface area contributed by atoms with Crippen LogP contribution in [0, 0.1) is 0 Å². The van der Waals surface area contributed by atoms with Gasteiger partial charge in [0.05, 0.1) is 10.6 Å². The fourth-order valence-corrected chi connectivity index (χ4v) is 1.71. The number of rotatable bonds is 6. The Morgan fingerprint density at radius 2 is 2.00 bits per heavy atom. The number of carboxylic acid groups (broad SMARTS) is 1. The zero-order valence-corrected chi connectivity index (χ0v) is 11.2. The SMILES string of the molecule is CCC(O)(CC)COc1c(Cl)cccc1C(=O)O. The topological polar surface area (TPSA) is 66.8 Å². The maximum Gasteiger partial charge on any atom is 0.339 e. The molecule has 0 aromatic heterocycles. The standard InChI is InChI=1S/C13H17ClO4/c1-3-13(17,4-2)8-18-11-9(12(15)16)6-5-7-10(11)14/h5-7,17H,3-4,8H2,1-2H3,(H,15,16). The van der Waals surface area contributed by atoms with Gasteiger partial charge in [0, 0.05) is 0 Å². The van der Waals surface area contributed by atoms with E-state index in [1.807, 2.05) is 13.8 Å². The number of hydrogen-bond donors (Lipinski definition) is 2. The Hall–Kier alpha value is -1.26. The first-order valence-corrected chi connectivity index (χ1v) is 6.18. The fraction of sp³-hybridized carbons (Fsp3) is 0.462. The largest absolute Gasteiger partial charge is 0.488 e. The summed E-state index contributed by atoms with van der Waals surface area (Å²) in [5, 5.41) is 19.4. The van der Waals surface area contributed by atoms with Crippen molar-refractivity contribution in [2.24, 2.45) is 0 Å². The maximum atomic E-state index is 11.0. The Morgan fingerprint density at radius 1 is 1.39 bits per heavy atom. The van der Waals surface area contributed by atoms with Crippen LogP contribution in [0.1, 0.15) is 37.0 Å². The molecule has 2 N–H and O–H groups in total. The van der Waals surface area contributed by atoms with Crippen molar-refractivity contribution in [1.29, 1.82) is 0 Å². The van der Waals surface area contributed by atoms with Crippen LogP contribution < -0.4 is 4.74 Å². The van der Waals surface area contributed by atoms with Gasteiger partial charge in [0.15, 0.2) is 5.75 Å². The number of benzene rings is 1. The van der Waals surface area contributed by atoms with Crippen molar-refractivity contribution < 1.29 is 19.7 Å². The summed E-state index contributed by atoms with van der Waals surface area (Å²) in [4.78, 5) is 11.0. The van der Waals surface area contributed by atoms with Crippen LogP contribution in [0.2, 0.25) is 5.02 Å². The Kier molecular flexibility index (Phi) is 4.99. The zero-order valence-electron chi connectivity index (χ0n) is 10.4. The van der Waals surface area contributed by atoms with Crippen LogP contribution in [0.5, 0.6) is 5.75 Å². The van der Waals surface area contributed by atoms with Crippen molar-refractivity contribution in [2.75, 3.05) is 6.61 Å². The highest BCUT2D eigenvalue weighted by Crippen LogP contribution is 2.30. The van der Waals surface area contributed by atoms with Crippen LogP contribution in [0.3, 0.4) is 0 Å². The van der Waals surface area contributed by atoms with Gasteiger partial charge in [-0.25, -0.2) is 4.79 Å². The molecule has 4 nitrogen and oxygen atoms in total. The summed E-state index contributed by atoms with van der Waals surface area (Å²) in [5.41, 5.74) is -0.966. The first-order chi connectivity index (χ1) is 8.43. The van der Waals surface area contributed by atoms with Crippen LogP contribution in [0.25, 0.3) is 0 Å². The highest BCUT2D eigenvalue weighted by Gasteiger charge is 2.25. The number of ether oxygens (including phenoxy) is 1. The lowest BCUT2D eigenvalue weighted by molar-refractivity contribution is -0.0117. The molecule has 100 valence electrons. The van der Waals surface area contributed by atoms with Crippen molar-refractivity contribution in [2.45, 2.75) is 32.3 Å². The third-order valence-electron chi connectivity index (χ3n) is 3.00. The predicted octanol–water partition coefficient (Wildman–Crippen LogP) is 2.97. The van der Waals surface area contributed by atoms with Gasteiger partial charge in [-0.05, 0) is 25.0 Å². The first kappa shape index (κ1) is 14.8. The molecule has 0 aliphatic rings. The third kappa shape index (κ3) is 3.37. The average molecular weight is 273 g/mol. The lowest BCUT2D eigenvalue weighted by Crippen LogP contribution is -2.34. The highest BCUT2D eigenvalue weighted by atomic mass is 35.5. The van der Waals surface area contributed by atoms with Gasteiger partial charge < -0.3 is 14.9 Å². The van der Waals surface area contributed by atoms with E-state index in [9.17, 15) is 9.90 Å². The van der Waals surface area contributed by atoms with Crippen LogP contribution in [-0.2, 0) is 0 Å². The number of carboxylic acids is 1. The smallest absolute Gasteiger partial charge is 0.339 e. The van der Waals surface area contributed by atoms with Gasteiger partial charge in [0.25, 0.3) is 0 Å². The van der Waals surface area contributed by atoms with Gasteiger partial charge in [-0.3, -0.25) is 0 Å². The van der Waals surface area contributed by atoms with Crippen molar-refractivity contribution in [1.82, 2.24) is 0 Å². The van der Waals surface area contributed by atoms with E-state index in [1.54, 1.807) is 12.1 Å². The molecule has 0 aliphatic heterocycles. The van der Waals surface area contributed by atoms with E-state index in [2.05, 4.69) is 0 Å². The second-order valence-electron chi connectivity index (χ2n) is 4.14. The minimum Gasteiger partial charge on any atom is -0.488 e. The fourth-order valence-electron chi connectivity index (χ4n) is 1.48. The quantitative estimate of drug-likeness (QED) is 0.835. The summed E-state index contributed by atoms with van der Waals surface area (Å²) in [6.07, 6.45) is 1.05. The lowest BCUT2D eigenvalue weighted by atomic mass is 9.99. The summed E-state index contributed by atoms with van der Waals surface area (Å²) in [6, 6.07) is 4.52. The second kappa shape index (κ2) is 6.07. The molecular weight excluding hydrogens is 256 g/mol. The maximum absolute atomic E-state index is 11.0. The molecular formula is C13H17ClO4. The third-order valence-corrected chi connectivity index (χ3v) is 3.30. The van der Waals surface area contributed by atoms with Gasteiger partial charge in [0.2, 0.25) is 0 Å². The van der Waals surface area contributed by atoms with E-state index in [1.165, 1.54) is 6.07 Å². The monoisotopic (exact) mass is 272 g/mol. The molecule has 1 aromatic carbocycles. The Morgan fingerprint density at radius 3 is 2.50 bits per heavy atom. The number of carbonyl (C=O) groups is 1. The van der Waals surface area contributed by atoms with Crippen molar-refractivity contribution in [3.8, 4) is 5.75 Å². The highest BCUT2D eigenvalue weighted by molar-refractivity contribution is 6.32. The molecule has 0 radical (unpaired) electrons. The van der Waals surface area contributed by atoms with Crippen molar-refractivity contribution in [3.63, 3.8) is 0 Å². The number of halogens is 1. The summed E-state index contributed by atoms with van der Waals surface area (Å²) in [5.74, 6) is -1.00. The summed E-state index contributed by atoms with van der Waals surface area (Å²) in [6.45, 7) is 3.71. The Bertz CT molecular complexity index is 427. The molecule has 0 heterocycles. The molecule has 1 aromatic rings. The molecule has 18 heavy (non-hydrogen) atoms. The van der Waals surface area contributed by atoms with E-state index in [-0.39, 0.29) is 22.9 Å². The molecule has 0 aliphatic carbocycles. The van der Waals surface area contributed by atoms with Crippen molar-refractivity contribution in [3.05, 3.63) is 28.8 Å². The van der Waals surface area contributed by atoms with Crippen LogP contribution in [0.4, 0.5) is 0 Å². The Balaban J connectivity index is 2.94. The number of hydrogen-bond acceptors (Lipinski definition) is 3. The molecule has 0 saturated heterocycles. The zero-order chi connectivity index (χ0) is 13.8. The van der Waals surface area contributed by atoms with Crippen LogP contribution in [0.15, 0.2) is 18.2 Å². The molecule has 0 amide bonds. The van der Waals surface area contributed by atoms with Crippen LogP contribution >= 0.6 is 11.6 Å². The number of aliphatic hydroxyl groups is 1. The minimum atomic E-state index is -1.11. The van der Waals surface area contributed by atoms with Gasteiger partial charge in [-0.15, -0.1) is 0 Å². The molecule has 0 bridgehead atoms. The lowest BCUT2D eigenvalue weighted by Gasteiger charge is -2.25. The van der Waals surface area contributed by atoms with E-state index in [0.717, 1.165) is 0 Å². The van der Waals surface area contributed by atoms with E-state index < -0.39 is 11.6 Å². The summed E-state index contributed by atoms with van der Waals surface area (Å²) >= 11 is 5.92. The van der Waals surface area contributed by atoms with Gasteiger partial charge >= 0.3 is 5.97 Å². The second-order valence-corrected chi connectivity index (χ2v) is 4.55. The number of aromatic carboxylic acids is 1. The summed E-state index contributed by atoms with van der Waals surface area (Å²) in [7, 11) is 0. The van der Waals surface area contributed by atoms with Gasteiger partial charge in [0.1, 0.15) is 12.2 Å². The first-order valence-electron chi connectivity index (χ1n) is 5.80. The van der Waals surface area contributed by atoms with Crippen molar-refractivity contribution >= 4 is 17.6 Å². The summed E-state index contributed by atoms with van der Waals surface area (Å²) < 4.78 is 5.41. The van der Waals surface area contributed by atoms with Crippen LogP contribution in [-0.4, -0.2) is 28.4 Å². The molecule has 5 heteroatoms. The molecule has 1 rings (SSSR count).